The zero-order chi connectivity index (χ0) is 21.6. The molecule has 0 unspecified atom stereocenters. The lowest BCUT2D eigenvalue weighted by Crippen LogP contribution is -2.25. The van der Waals surface area contributed by atoms with E-state index in [0.29, 0.717) is 17.6 Å². The number of anilines is 1. The number of aryl methyl sites for hydroxylation is 1. The van der Waals surface area contributed by atoms with Gasteiger partial charge in [-0.15, -0.1) is 0 Å². The lowest BCUT2D eigenvalue weighted by molar-refractivity contribution is 0.0951. The lowest BCUT2D eigenvalue weighted by Gasteiger charge is -2.23. The number of allylic oxidation sites excluding steroid dienone is 1. The van der Waals surface area contributed by atoms with Gasteiger partial charge in [0.15, 0.2) is 0 Å². The molecule has 2 aromatic rings. The molecule has 1 aromatic heterocycles. The molecule has 1 heterocycles. The Bertz CT molecular complexity index is 987. The fraction of sp³-hybridized carbons (Fsp3) is 0.400. The molecule has 2 aliphatic carbocycles. The Hall–Kier alpha value is -3.15. The van der Waals surface area contributed by atoms with Crippen LogP contribution in [-0.2, 0) is 0 Å². The Morgan fingerprint density at radius 1 is 1.10 bits per heavy atom. The smallest absolute Gasteiger partial charge is 0.251 e. The summed E-state index contributed by atoms with van der Waals surface area (Å²) in [4.78, 5) is 21.4. The second-order valence-electron chi connectivity index (χ2n) is 8.57. The molecule has 2 aliphatic rings. The van der Waals surface area contributed by atoms with Crippen molar-refractivity contribution in [1.29, 1.82) is 0 Å². The summed E-state index contributed by atoms with van der Waals surface area (Å²) in [5.74, 6) is -0.0391. The molecule has 162 valence electrons. The summed E-state index contributed by atoms with van der Waals surface area (Å²) in [6.45, 7) is 2.01. The van der Waals surface area contributed by atoms with Gasteiger partial charge in [-0.3, -0.25) is 14.8 Å². The lowest BCUT2D eigenvalue weighted by atomic mass is 9.95. The van der Waals surface area contributed by atoms with Crippen LogP contribution in [0.3, 0.4) is 0 Å². The highest BCUT2D eigenvalue weighted by atomic mass is 16.1. The molecule has 6 heteroatoms. The van der Waals surface area contributed by atoms with E-state index < -0.39 is 0 Å². The first-order valence-corrected chi connectivity index (χ1v) is 11.2. The number of pyridine rings is 1. The molecule has 0 radical (unpaired) electrons. The third kappa shape index (κ3) is 5.72. The second-order valence-corrected chi connectivity index (χ2v) is 8.57. The van der Waals surface area contributed by atoms with Crippen LogP contribution in [0.15, 0.2) is 47.9 Å². The molecule has 0 atom stereocenters. The molecule has 0 bridgehead atoms. The largest absolute Gasteiger partial charge is 0.404 e. The topological polar surface area (TPSA) is 92.4 Å². The van der Waals surface area contributed by atoms with Crippen LogP contribution >= 0.6 is 0 Å². The van der Waals surface area contributed by atoms with Gasteiger partial charge in [0.2, 0.25) is 0 Å². The number of carbonyl (C=O) groups is 1. The van der Waals surface area contributed by atoms with Crippen LogP contribution in [0.25, 0.3) is 5.57 Å². The number of hydrogen-bond acceptors (Lipinski definition) is 5. The number of nitrogens with zero attached hydrogens (tertiary/aromatic N) is 2. The number of rotatable bonds is 7. The van der Waals surface area contributed by atoms with Crippen molar-refractivity contribution in [2.45, 2.75) is 64.0 Å². The van der Waals surface area contributed by atoms with Gasteiger partial charge in [-0.05, 0) is 61.9 Å². The van der Waals surface area contributed by atoms with E-state index in [1.54, 1.807) is 12.4 Å². The van der Waals surface area contributed by atoms with Crippen molar-refractivity contribution >= 4 is 29.1 Å². The predicted molar refractivity (Wildman–Crippen MR) is 127 cm³/mol. The zero-order valence-corrected chi connectivity index (χ0v) is 18.1. The van der Waals surface area contributed by atoms with Crippen LogP contribution in [0.5, 0.6) is 0 Å². The van der Waals surface area contributed by atoms with Crippen molar-refractivity contribution in [1.82, 2.24) is 10.3 Å². The summed E-state index contributed by atoms with van der Waals surface area (Å²) in [6, 6.07) is 8.54. The van der Waals surface area contributed by atoms with Gasteiger partial charge in [0.05, 0.1) is 23.8 Å². The Labute approximate surface area is 184 Å². The Balaban J connectivity index is 1.48. The highest BCUT2D eigenvalue weighted by Crippen LogP contribution is 2.25. The number of benzene rings is 1. The first-order chi connectivity index (χ1) is 15.1. The SMILES string of the molecule is Cc1ccc(C(=O)NC2CC2)cc1C(C=Nc1cncc(NC2CCCCC2)c1)=CN. The van der Waals surface area contributed by atoms with Crippen LogP contribution in [0.1, 0.15) is 66.4 Å². The van der Waals surface area contributed by atoms with Gasteiger partial charge in [-0.1, -0.05) is 25.3 Å². The minimum atomic E-state index is -0.0391. The van der Waals surface area contributed by atoms with Crippen LogP contribution in [0.4, 0.5) is 11.4 Å². The molecule has 1 amide bonds. The van der Waals surface area contributed by atoms with Crippen molar-refractivity contribution in [3.63, 3.8) is 0 Å². The van der Waals surface area contributed by atoms with Crippen LogP contribution in [0.2, 0.25) is 0 Å². The van der Waals surface area contributed by atoms with Gasteiger partial charge in [0, 0.05) is 35.6 Å². The maximum absolute atomic E-state index is 12.4. The minimum absolute atomic E-state index is 0.0391. The Kier molecular flexibility index (Phi) is 6.65. The molecule has 4 N–H and O–H groups in total. The quantitative estimate of drug-likeness (QED) is 0.568. The van der Waals surface area contributed by atoms with Gasteiger partial charge in [0.25, 0.3) is 5.91 Å². The highest BCUT2D eigenvalue weighted by Gasteiger charge is 2.24. The van der Waals surface area contributed by atoms with E-state index in [9.17, 15) is 4.79 Å². The molecule has 2 saturated carbocycles. The van der Waals surface area contributed by atoms with Gasteiger partial charge in [-0.2, -0.15) is 0 Å². The summed E-state index contributed by atoms with van der Waals surface area (Å²) < 4.78 is 0. The molecular formula is C25H31N5O. The summed E-state index contributed by atoms with van der Waals surface area (Å²) >= 11 is 0. The number of carbonyl (C=O) groups excluding carboxylic acids is 1. The molecule has 31 heavy (non-hydrogen) atoms. The van der Waals surface area contributed by atoms with E-state index in [4.69, 9.17) is 5.73 Å². The average Bonchev–Trinajstić information content (AvgIpc) is 3.60. The van der Waals surface area contributed by atoms with Crippen molar-refractivity contribution in [2.75, 3.05) is 5.32 Å². The standard InChI is InChI=1S/C25H31N5O/c1-17-7-8-18(25(31)30-21-9-10-21)11-24(17)19(13-26)14-28-22-12-23(16-27-15-22)29-20-5-3-2-4-6-20/h7-8,11-16,20-21,29H,2-6,9-10,26H2,1H3,(H,30,31). The van der Waals surface area contributed by atoms with Crippen molar-refractivity contribution in [3.05, 3.63) is 59.5 Å². The number of amides is 1. The molecule has 0 saturated heterocycles. The van der Waals surface area contributed by atoms with Gasteiger partial charge < -0.3 is 16.4 Å². The van der Waals surface area contributed by atoms with Crippen molar-refractivity contribution in [2.24, 2.45) is 10.7 Å². The van der Waals surface area contributed by atoms with Crippen molar-refractivity contribution in [3.8, 4) is 0 Å². The van der Waals surface area contributed by atoms with Gasteiger partial charge in [0.1, 0.15) is 0 Å². The maximum atomic E-state index is 12.4. The Morgan fingerprint density at radius 2 is 1.90 bits per heavy atom. The van der Waals surface area contributed by atoms with Crippen molar-refractivity contribution < 1.29 is 4.79 Å². The molecule has 0 aliphatic heterocycles. The van der Waals surface area contributed by atoms with Crippen LogP contribution < -0.4 is 16.4 Å². The number of aliphatic imine (C=N–C) groups is 1. The maximum Gasteiger partial charge on any atom is 0.251 e. The third-order valence-corrected chi connectivity index (χ3v) is 5.96. The van der Waals surface area contributed by atoms with E-state index in [0.717, 1.165) is 40.9 Å². The van der Waals surface area contributed by atoms with Crippen LogP contribution in [-0.4, -0.2) is 29.2 Å². The highest BCUT2D eigenvalue weighted by molar-refractivity contribution is 6.11. The second kappa shape index (κ2) is 9.77. The monoisotopic (exact) mass is 417 g/mol. The molecule has 2 fully saturated rings. The average molecular weight is 418 g/mol. The van der Waals surface area contributed by atoms with E-state index in [1.807, 2.05) is 37.4 Å². The number of nitrogens with two attached hydrogens (primary N) is 1. The molecule has 0 spiro atoms. The summed E-state index contributed by atoms with van der Waals surface area (Å²) in [5.41, 5.74) is 11.0. The third-order valence-electron chi connectivity index (χ3n) is 5.96. The number of nitrogens with one attached hydrogen (secondary N) is 2. The Morgan fingerprint density at radius 3 is 2.65 bits per heavy atom. The summed E-state index contributed by atoms with van der Waals surface area (Å²) in [6.07, 6.45) is 15.3. The van der Waals surface area contributed by atoms with E-state index in [2.05, 4.69) is 20.6 Å². The minimum Gasteiger partial charge on any atom is -0.404 e. The van der Waals surface area contributed by atoms with Crippen LogP contribution in [0, 0.1) is 6.92 Å². The molecule has 1 aromatic carbocycles. The summed E-state index contributed by atoms with van der Waals surface area (Å²) in [5, 5.41) is 6.62. The molecule has 4 rings (SSSR count). The normalized spacial score (nSPS) is 17.6. The summed E-state index contributed by atoms with van der Waals surface area (Å²) in [7, 11) is 0. The van der Waals surface area contributed by atoms with Gasteiger partial charge >= 0.3 is 0 Å². The van der Waals surface area contributed by atoms with E-state index >= 15 is 0 Å². The fourth-order valence-corrected chi connectivity index (χ4v) is 3.98. The zero-order valence-electron chi connectivity index (χ0n) is 18.1. The molecular weight excluding hydrogens is 386 g/mol. The fourth-order valence-electron chi connectivity index (χ4n) is 3.98. The van der Waals surface area contributed by atoms with E-state index in [-0.39, 0.29) is 5.91 Å². The first kappa shape index (κ1) is 21.1. The van der Waals surface area contributed by atoms with Gasteiger partial charge in [-0.25, -0.2) is 0 Å². The van der Waals surface area contributed by atoms with E-state index in [1.165, 1.54) is 38.3 Å². The predicted octanol–water partition coefficient (Wildman–Crippen LogP) is 4.73. The number of hydrogen-bond donors (Lipinski definition) is 3. The number of aromatic nitrogens is 1. The first-order valence-electron chi connectivity index (χ1n) is 11.2. The molecule has 6 nitrogen and oxygen atoms in total.